The molecule has 134 valence electrons. The molecule has 7 nitrogen and oxygen atoms in total. The van der Waals surface area contributed by atoms with Gasteiger partial charge < -0.3 is 19.5 Å². The summed E-state index contributed by atoms with van der Waals surface area (Å²) in [5, 5.41) is 2.82. The standard InChI is InChI=1S/C18H23N3O4/c1-11(2)15-14(23-3)8-12(16(24-4)17(15)25-5)9-20-18(22)13-6-7-19-10-21-13/h6-8,10-11H,9H2,1-5H3,(H,20,22). The summed E-state index contributed by atoms with van der Waals surface area (Å²) in [6.07, 6.45) is 2.85. The summed E-state index contributed by atoms with van der Waals surface area (Å²) in [6, 6.07) is 3.41. The SMILES string of the molecule is COc1cc(CNC(=O)c2ccncn2)c(OC)c(OC)c1C(C)C. The van der Waals surface area contributed by atoms with Gasteiger partial charge in [-0.15, -0.1) is 0 Å². The predicted molar refractivity (Wildman–Crippen MR) is 93.4 cm³/mol. The van der Waals surface area contributed by atoms with Crippen molar-refractivity contribution >= 4 is 5.91 Å². The van der Waals surface area contributed by atoms with Gasteiger partial charge in [0.1, 0.15) is 17.8 Å². The molecule has 0 fully saturated rings. The lowest BCUT2D eigenvalue weighted by Gasteiger charge is -2.21. The molecule has 0 spiro atoms. The number of carbonyl (C=O) groups excluding carboxylic acids is 1. The molecule has 2 rings (SSSR count). The molecular formula is C18H23N3O4. The van der Waals surface area contributed by atoms with Gasteiger partial charge in [0.2, 0.25) is 0 Å². The number of nitrogens with zero attached hydrogens (tertiary/aromatic N) is 2. The van der Waals surface area contributed by atoms with Crippen LogP contribution in [0.1, 0.15) is 41.4 Å². The minimum absolute atomic E-state index is 0.184. The van der Waals surface area contributed by atoms with Crippen molar-refractivity contribution in [2.75, 3.05) is 21.3 Å². The average Bonchev–Trinajstić information content (AvgIpc) is 2.64. The zero-order valence-electron chi connectivity index (χ0n) is 15.1. The maximum atomic E-state index is 12.2. The van der Waals surface area contributed by atoms with Gasteiger partial charge in [-0.25, -0.2) is 9.97 Å². The summed E-state index contributed by atoms with van der Waals surface area (Å²) < 4.78 is 16.6. The molecule has 1 amide bonds. The van der Waals surface area contributed by atoms with Crippen LogP contribution in [0.15, 0.2) is 24.7 Å². The minimum atomic E-state index is -0.296. The van der Waals surface area contributed by atoms with E-state index in [9.17, 15) is 4.79 Å². The molecule has 0 saturated heterocycles. The summed E-state index contributed by atoms with van der Waals surface area (Å²) in [4.78, 5) is 19.9. The third-order valence-electron chi connectivity index (χ3n) is 3.77. The zero-order chi connectivity index (χ0) is 18.4. The van der Waals surface area contributed by atoms with E-state index >= 15 is 0 Å². The number of methoxy groups -OCH3 is 3. The normalized spacial score (nSPS) is 10.5. The summed E-state index contributed by atoms with van der Waals surface area (Å²) in [7, 11) is 4.77. The van der Waals surface area contributed by atoms with Crippen LogP contribution in [0, 0.1) is 0 Å². The molecule has 1 N–H and O–H groups in total. The number of benzene rings is 1. The first-order valence-corrected chi connectivity index (χ1v) is 7.89. The Balaban J connectivity index is 2.35. The minimum Gasteiger partial charge on any atom is -0.496 e. The summed E-state index contributed by atoms with van der Waals surface area (Å²) in [6.45, 7) is 4.35. The highest BCUT2D eigenvalue weighted by Gasteiger charge is 2.23. The number of rotatable bonds is 7. The highest BCUT2D eigenvalue weighted by atomic mass is 16.5. The maximum Gasteiger partial charge on any atom is 0.270 e. The Kier molecular flexibility index (Phi) is 6.16. The first-order chi connectivity index (χ1) is 12.0. The third kappa shape index (κ3) is 3.99. The van der Waals surface area contributed by atoms with Crippen molar-refractivity contribution in [3.05, 3.63) is 41.5 Å². The molecule has 0 atom stereocenters. The van der Waals surface area contributed by atoms with E-state index in [0.29, 0.717) is 22.9 Å². The van der Waals surface area contributed by atoms with E-state index in [1.54, 1.807) is 27.4 Å². The van der Waals surface area contributed by atoms with Gasteiger partial charge in [0.15, 0.2) is 11.5 Å². The second-order valence-electron chi connectivity index (χ2n) is 5.65. The van der Waals surface area contributed by atoms with Crippen LogP contribution in [0.2, 0.25) is 0 Å². The molecule has 0 aliphatic heterocycles. The second kappa shape index (κ2) is 8.32. The molecule has 0 bridgehead atoms. The smallest absolute Gasteiger partial charge is 0.270 e. The third-order valence-corrected chi connectivity index (χ3v) is 3.77. The fourth-order valence-electron chi connectivity index (χ4n) is 2.65. The van der Waals surface area contributed by atoms with E-state index in [2.05, 4.69) is 29.1 Å². The number of aromatic nitrogens is 2. The Bertz CT molecular complexity index is 733. The second-order valence-corrected chi connectivity index (χ2v) is 5.65. The van der Waals surface area contributed by atoms with Crippen LogP contribution in [0.3, 0.4) is 0 Å². The molecule has 0 radical (unpaired) electrons. The fraction of sp³-hybridized carbons (Fsp3) is 0.389. The fourth-order valence-corrected chi connectivity index (χ4v) is 2.65. The Morgan fingerprint density at radius 2 is 1.88 bits per heavy atom. The molecule has 0 aliphatic rings. The largest absolute Gasteiger partial charge is 0.496 e. The van der Waals surface area contributed by atoms with Crippen molar-refractivity contribution in [3.63, 3.8) is 0 Å². The van der Waals surface area contributed by atoms with Crippen molar-refractivity contribution < 1.29 is 19.0 Å². The van der Waals surface area contributed by atoms with Gasteiger partial charge >= 0.3 is 0 Å². The van der Waals surface area contributed by atoms with Gasteiger partial charge in [0.25, 0.3) is 5.91 Å². The predicted octanol–water partition coefficient (Wildman–Crippen LogP) is 2.56. The van der Waals surface area contributed by atoms with Gasteiger partial charge in [0.05, 0.1) is 21.3 Å². The summed E-state index contributed by atoms with van der Waals surface area (Å²) >= 11 is 0. The van der Waals surface area contributed by atoms with Crippen molar-refractivity contribution in [2.45, 2.75) is 26.3 Å². The topological polar surface area (TPSA) is 82.6 Å². The van der Waals surface area contributed by atoms with E-state index in [1.807, 2.05) is 6.07 Å². The van der Waals surface area contributed by atoms with Crippen LogP contribution < -0.4 is 19.5 Å². The molecule has 7 heteroatoms. The quantitative estimate of drug-likeness (QED) is 0.830. The monoisotopic (exact) mass is 345 g/mol. The van der Waals surface area contributed by atoms with Crippen LogP contribution >= 0.6 is 0 Å². The van der Waals surface area contributed by atoms with Gasteiger partial charge in [0, 0.05) is 23.9 Å². The molecule has 25 heavy (non-hydrogen) atoms. The summed E-state index contributed by atoms with van der Waals surface area (Å²) in [5.41, 5.74) is 1.97. The number of nitrogens with one attached hydrogen (secondary N) is 1. The lowest BCUT2D eigenvalue weighted by atomic mass is 9.97. The molecule has 0 saturated carbocycles. The first-order valence-electron chi connectivity index (χ1n) is 7.89. The van der Waals surface area contributed by atoms with E-state index < -0.39 is 0 Å². The Morgan fingerprint density at radius 3 is 2.40 bits per heavy atom. The highest BCUT2D eigenvalue weighted by molar-refractivity contribution is 5.92. The number of ether oxygens (including phenoxy) is 3. The Morgan fingerprint density at radius 1 is 1.16 bits per heavy atom. The van der Waals surface area contributed by atoms with Gasteiger partial charge in [-0.05, 0) is 18.1 Å². The van der Waals surface area contributed by atoms with E-state index in [1.165, 1.54) is 12.5 Å². The first kappa shape index (κ1) is 18.5. The zero-order valence-corrected chi connectivity index (χ0v) is 15.1. The van der Waals surface area contributed by atoms with Crippen LogP contribution in [0.5, 0.6) is 17.2 Å². The molecule has 2 aromatic rings. The molecule has 1 aromatic carbocycles. The highest BCUT2D eigenvalue weighted by Crippen LogP contribution is 2.44. The van der Waals surface area contributed by atoms with Gasteiger partial charge in [-0.2, -0.15) is 0 Å². The van der Waals surface area contributed by atoms with Crippen molar-refractivity contribution in [3.8, 4) is 17.2 Å². The molecule has 0 aliphatic carbocycles. The molecular weight excluding hydrogens is 322 g/mol. The van der Waals surface area contributed by atoms with Crippen LogP contribution in [-0.2, 0) is 6.54 Å². The molecule has 0 unspecified atom stereocenters. The van der Waals surface area contributed by atoms with E-state index in [-0.39, 0.29) is 18.4 Å². The number of hydrogen-bond donors (Lipinski definition) is 1. The number of carbonyl (C=O) groups is 1. The Labute approximate surface area is 147 Å². The van der Waals surface area contributed by atoms with E-state index in [0.717, 1.165) is 11.1 Å². The number of hydrogen-bond acceptors (Lipinski definition) is 6. The van der Waals surface area contributed by atoms with Crippen LogP contribution in [0.4, 0.5) is 0 Å². The molecule has 1 aromatic heterocycles. The van der Waals surface area contributed by atoms with Crippen molar-refractivity contribution in [1.82, 2.24) is 15.3 Å². The maximum absolute atomic E-state index is 12.2. The van der Waals surface area contributed by atoms with Crippen LogP contribution in [0.25, 0.3) is 0 Å². The lowest BCUT2D eigenvalue weighted by Crippen LogP contribution is -2.24. The van der Waals surface area contributed by atoms with Crippen molar-refractivity contribution in [1.29, 1.82) is 0 Å². The van der Waals surface area contributed by atoms with Gasteiger partial charge in [-0.1, -0.05) is 13.8 Å². The summed E-state index contributed by atoms with van der Waals surface area (Å²) in [5.74, 6) is 1.77. The molecule has 1 heterocycles. The van der Waals surface area contributed by atoms with Gasteiger partial charge in [-0.3, -0.25) is 4.79 Å². The van der Waals surface area contributed by atoms with Crippen molar-refractivity contribution in [2.24, 2.45) is 0 Å². The average molecular weight is 345 g/mol. The van der Waals surface area contributed by atoms with E-state index in [4.69, 9.17) is 14.2 Å². The lowest BCUT2D eigenvalue weighted by molar-refractivity contribution is 0.0945. The Hall–Kier alpha value is -2.83. The van der Waals surface area contributed by atoms with Crippen LogP contribution in [-0.4, -0.2) is 37.2 Å². The number of amides is 1.